The molecule has 3 atom stereocenters. The predicted molar refractivity (Wildman–Crippen MR) is 153 cm³/mol. The molecule has 1 aromatic heterocycles. The summed E-state index contributed by atoms with van der Waals surface area (Å²) >= 11 is 0.611. The first-order chi connectivity index (χ1) is 19.3. The summed E-state index contributed by atoms with van der Waals surface area (Å²) in [7, 11) is 3.04. The van der Waals surface area contributed by atoms with Gasteiger partial charge in [-0.3, -0.25) is 34.9 Å². The number of benzene rings is 1. The maximum absolute atomic E-state index is 14.1. The molecule has 3 rings (SSSR count). The van der Waals surface area contributed by atoms with Crippen LogP contribution in [0, 0.1) is 41.2 Å². The highest BCUT2D eigenvalue weighted by Gasteiger charge is 2.48. The fraction of sp³-hybridized carbons (Fsp3) is 0.464. The molecule has 1 aliphatic carbocycles. The topological polar surface area (TPSA) is 140 Å². The maximum Gasteiger partial charge on any atom is 0.308 e. The Labute approximate surface area is 241 Å². The minimum Gasteiger partial charge on any atom is -0.503 e. The van der Waals surface area contributed by atoms with Gasteiger partial charge in [0.05, 0.1) is 29.3 Å². The number of ether oxygens (including phenoxy) is 1. The van der Waals surface area contributed by atoms with Gasteiger partial charge in [-0.15, -0.1) is 0 Å². The highest BCUT2D eigenvalue weighted by molar-refractivity contribution is 8.26. The fourth-order valence-electron chi connectivity index (χ4n) is 5.54. The Hall–Kier alpha value is -3.74. The number of nitrogens with one attached hydrogen (secondary N) is 2. The SMILES string of the molecule is CCN(C=O)C1(N(C)n2cc(C(=N)SC(=N)Cc3ccc(F)cc3F)c(=O)c(O)c2C)CCC(C(=O)OC)[C@H](C)C1. The van der Waals surface area contributed by atoms with Gasteiger partial charge in [-0.2, -0.15) is 0 Å². The monoisotopic (exact) mass is 591 g/mol. The van der Waals surface area contributed by atoms with Crippen molar-refractivity contribution in [1.29, 1.82) is 10.8 Å². The molecule has 0 bridgehead atoms. The number of aromatic hydroxyl groups is 1. The zero-order valence-corrected chi connectivity index (χ0v) is 24.5. The van der Waals surface area contributed by atoms with Crippen molar-refractivity contribution >= 4 is 34.2 Å². The first kappa shape index (κ1) is 31.8. The van der Waals surface area contributed by atoms with Crippen LogP contribution in [0.5, 0.6) is 5.75 Å². The number of methoxy groups -OCH3 is 1. The van der Waals surface area contributed by atoms with Crippen molar-refractivity contribution in [2.75, 3.05) is 25.7 Å². The Morgan fingerprint density at radius 1 is 1.34 bits per heavy atom. The zero-order valence-electron chi connectivity index (χ0n) is 23.7. The van der Waals surface area contributed by atoms with E-state index >= 15 is 0 Å². The third kappa shape index (κ3) is 6.29. The second-order valence-electron chi connectivity index (χ2n) is 10.2. The molecule has 13 heteroatoms. The number of pyridine rings is 1. The first-order valence-corrected chi connectivity index (χ1v) is 13.9. The van der Waals surface area contributed by atoms with Crippen LogP contribution in [0.2, 0.25) is 0 Å². The number of esters is 1. The van der Waals surface area contributed by atoms with Crippen molar-refractivity contribution in [1.82, 2.24) is 9.58 Å². The molecule has 1 aliphatic rings. The molecule has 2 unspecified atom stereocenters. The summed E-state index contributed by atoms with van der Waals surface area (Å²) in [6, 6.07) is 2.99. The largest absolute Gasteiger partial charge is 0.503 e. The lowest BCUT2D eigenvalue weighted by Gasteiger charge is -2.54. The number of carbonyl (C=O) groups excluding carboxylic acids is 2. The Balaban J connectivity index is 1.98. The minimum absolute atomic E-state index is 0.0627. The van der Waals surface area contributed by atoms with Crippen LogP contribution in [0.1, 0.15) is 49.9 Å². The van der Waals surface area contributed by atoms with E-state index in [2.05, 4.69) is 0 Å². The van der Waals surface area contributed by atoms with Crippen LogP contribution in [-0.4, -0.2) is 63.5 Å². The molecule has 0 spiro atoms. The summed E-state index contributed by atoms with van der Waals surface area (Å²) in [4.78, 5) is 39.2. The Bertz CT molecular complexity index is 1420. The van der Waals surface area contributed by atoms with Gasteiger partial charge >= 0.3 is 5.97 Å². The van der Waals surface area contributed by atoms with Crippen LogP contribution >= 0.6 is 11.8 Å². The molecular formula is C28H35F2N5O5S. The number of thioether (sulfide) groups is 1. The third-order valence-corrected chi connectivity index (χ3v) is 8.67. The fourth-order valence-corrected chi connectivity index (χ4v) is 6.27. The van der Waals surface area contributed by atoms with E-state index in [9.17, 15) is 28.3 Å². The maximum atomic E-state index is 14.1. The van der Waals surface area contributed by atoms with E-state index in [0.29, 0.717) is 43.6 Å². The number of hydrogen-bond acceptors (Lipinski definition) is 9. The summed E-state index contributed by atoms with van der Waals surface area (Å²) in [5.74, 6) is -3.02. The summed E-state index contributed by atoms with van der Waals surface area (Å²) < 4.78 is 33.8. The summed E-state index contributed by atoms with van der Waals surface area (Å²) in [6.45, 7) is 5.61. The number of halogens is 2. The van der Waals surface area contributed by atoms with Gasteiger partial charge in [0, 0.05) is 32.3 Å². The zero-order chi connectivity index (χ0) is 30.6. The van der Waals surface area contributed by atoms with Gasteiger partial charge in [-0.25, -0.2) is 8.78 Å². The molecule has 1 amide bonds. The second kappa shape index (κ2) is 12.8. The molecule has 10 nitrogen and oxygen atoms in total. The van der Waals surface area contributed by atoms with Gasteiger partial charge in [0.15, 0.2) is 5.75 Å². The van der Waals surface area contributed by atoms with Gasteiger partial charge < -0.3 is 14.7 Å². The molecule has 0 aliphatic heterocycles. The van der Waals surface area contributed by atoms with E-state index in [1.165, 1.54) is 31.0 Å². The van der Waals surface area contributed by atoms with E-state index < -0.39 is 28.5 Å². The third-order valence-electron chi connectivity index (χ3n) is 7.86. The Morgan fingerprint density at radius 2 is 2.02 bits per heavy atom. The number of nitrogens with zero attached hydrogens (tertiary/aromatic N) is 3. The predicted octanol–water partition coefficient (Wildman–Crippen LogP) is 3.77. The Morgan fingerprint density at radius 3 is 2.59 bits per heavy atom. The van der Waals surface area contributed by atoms with Crippen molar-refractivity contribution in [3.8, 4) is 5.75 Å². The van der Waals surface area contributed by atoms with Crippen molar-refractivity contribution in [2.24, 2.45) is 11.8 Å². The molecule has 0 saturated heterocycles. The minimum atomic E-state index is -0.938. The lowest BCUT2D eigenvalue weighted by atomic mass is 9.73. The summed E-state index contributed by atoms with van der Waals surface area (Å²) in [6.07, 6.45) is 3.09. The molecule has 2 aromatic rings. The molecule has 0 radical (unpaired) electrons. The van der Waals surface area contributed by atoms with Gasteiger partial charge in [0.25, 0.3) is 0 Å². The van der Waals surface area contributed by atoms with Crippen molar-refractivity contribution in [3.63, 3.8) is 0 Å². The quantitative estimate of drug-likeness (QED) is 0.133. The van der Waals surface area contributed by atoms with Crippen LogP contribution in [-0.2, 0) is 20.7 Å². The summed E-state index contributed by atoms with van der Waals surface area (Å²) in [5.41, 5.74) is -1.72. The molecular weight excluding hydrogens is 556 g/mol. The molecule has 222 valence electrons. The Kier molecular flexibility index (Phi) is 9.95. The molecule has 1 saturated carbocycles. The van der Waals surface area contributed by atoms with E-state index in [1.54, 1.807) is 17.0 Å². The molecule has 1 aromatic carbocycles. The van der Waals surface area contributed by atoms with Crippen molar-refractivity contribution in [3.05, 3.63) is 63.1 Å². The highest BCUT2D eigenvalue weighted by atomic mass is 32.2. The molecule has 41 heavy (non-hydrogen) atoms. The molecule has 3 N–H and O–H groups in total. The number of aromatic nitrogens is 1. The molecule has 1 heterocycles. The standard InChI is InChI=1S/C28H35F2N5O5S/c1-6-34(15-36)28(10-9-20(16(2)13-28)27(39)40-5)33(4)35-14-21(25(38)24(37)17(35)3)26(32)41-23(31)11-18-7-8-19(29)12-22(18)30/h7-8,12,14-16,20,31-32,37H,6,9-11,13H2,1-5H3/t16-,20?,28?/m1/s1. The lowest BCUT2D eigenvalue weighted by Crippen LogP contribution is -2.66. The second-order valence-corrected chi connectivity index (χ2v) is 11.3. The van der Waals surface area contributed by atoms with Crippen LogP contribution in [0.4, 0.5) is 8.78 Å². The van der Waals surface area contributed by atoms with E-state index in [0.717, 1.165) is 12.5 Å². The van der Waals surface area contributed by atoms with Gasteiger partial charge in [-0.1, -0.05) is 24.8 Å². The highest BCUT2D eigenvalue weighted by Crippen LogP contribution is 2.42. The van der Waals surface area contributed by atoms with E-state index in [1.807, 2.05) is 13.8 Å². The summed E-state index contributed by atoms with van der Waals surface area (Å²) in [5, 5.41) is 28.8. The normalized spacial score (nSPS) is 20.3. The smallest absolute Gasteiger partial charge is 0.308 e. The number of amides is 1. The van der Waals surface area contributed by atoms with Crippen molar-refractivity contribution < 1.29 is 28.2 Å². The van der Waals surface area contributed by atoms with Crippen LogP contribution in [0.15, 0.2) is 29.2 Å². The lowest BCUT2D eigenvalue weighted by molar-refractivity contribution is -0.151. The van der Waals surface area contributed by atoms with Crippen molar-refractivity contribution in [2.45, 2.75) is 52.1 Å². The molecule has 1 fully saturated rings. The number of hydrogen-bond donors (Lipinski definition) is 3. The van der Waals surface area contributed by atoms with E-state index in [4.69, 9.17) is 15.6 Å². The first-order valence-electron chi connectivity index (χ1n) is 13.1. The average Bonchev–Trinajstić information content (AvgIpc) is 2.93. The van der Waals surface area contributed by atoms with Crippen LogP contribution in [0.3, 0.4) is 0 Å². The van der Waals surface area contributed by atoms with E-state index in [-0.39, 0.29) is 51.1 Å². The van der Waals surface area contributed by atoms with Crippen LogP contribution < -0.4 is 10.4 Å². The van der Waals surface area contributed by atoms with Gasteiger partial charge in [0.2, 0.25) is 11.8 Å². The average molecular weight is 592 g/mol. The van der Waals surface area contributed by atoms with Gasteiger partial charge in [-0.05, 0) is 50.7 Å². The number of rotatable bonds is 9. The van der Waals surface area contributed by atoms with Gasteiger partial charge in [0.1, 0.15) is 22.3 Å². The van der Waals surface area contributed by atoms with Crippen LogP contribution in [0.25, 0.3) is 0 Å². The number of carbonyl (C=O) groups is 2.